The predicted molar refractivity (Wildman–Crippen MR) is 157 cm³/mol. The van der Waals surface area contributed by atoms with E-state index in [2.05, 4.69) is 77.2 Å². The Balaban J connectivity index is 1.18. The molecule has 0 bridgehead atoms. The maximum absolute atomic E-state index is 13.7. The molecule has 0 unspecified atom stereocenters. The van der Waals surface area contributed by atoms with Crippen molar-refractivity contribution in [2.45, 2.75) is 64.0 Å². The normalized spacial score (nSPS) is 21.8. The van der Waals surface area contributed by atoms with Crippen LogP contribution >= 0.6 is 0 Å². The Kier molecular flexibility index (Phi) is 6.80. The number of cyclic esters (lactones) is 1. The molecule has 3 N–H and O–H groups in total. The summed E-state index contributed by atoms with van der Waals surface area (Å²) in [6.45, 7) is 8.05. The minimum atomic E-state index is -1.75. The SMILES string of the molecule is CC[C@@]1(O)C(=O)OCC2=C1CC1=C(C2=O)N2Cc3c(cccc3CC[Si](C)(C)CNCc3ccccc3)C=C2N1. The molecule has 6 rings (SSSR count). The highest BCUT2D eigenvalue weighted by molar-refractivity contribution is 6.77. The Labute approximate surface area is 236 Å². The summed E-state index contributed by atoms with van der Waals surface area (Å²) in [6, 6.07) is 18.2. The number of benzene rings is 2. The van der Waals surface area contributed by atoms with E-state index < -0.39 is 19.6 Å². The van der Waals surface area contributed by atoms with E-state index in [1.807, 2.05) is 6.07 Å². The summed E-state index contributed by atoms with van der Waals surface area (Å²) in [6.07, 6.45) is 4.69. The van der Waals surface area contributed by atoms with E-state index in [0.717, 1.165) is 30.7 Å². The smallest absolute Gasteiger partial charge is 0.342 e. The zero-order valence-corrected chi connectivity index (χ0v) is 24.5. The number of Topliss-reactive ketones (excluding diaryl/α,β-unsaturated/α-hetero) is 1. The van der Waals surface area contributed by atoms with Crippen LogP contribution in [0.5, 0.6) is 0 Å². The number of fused-ring (bicyclic) bond motifs is 3. The molecular weight excluding hydrogens is 518 g/mol. The molecule has 0 saturated heterocycles. The number of ketones is 1. The van der Waals surface area contributed by atoms with E-state index in [4.69, 9.17) is 4.74 Å². The van der Waals surface area contributed by atoms with Crippen molar-refractivity contribution >= 4 is 25.9 Å². The van der Waals surface area contributed by atoms with E-state index in [0.29, 0.717) is 29.8 Å². The average Bonchev–Trinajstić information content (AvgIpc) is 3.31. The van der Waals surface area contributed by atoms with Crippen LogP contribution in [0.4, 0.5) is 0 Å². The van der Waals surface area contributed by atoms with Crippen LogP contribution in [0.25, 0.3) is 6.08 Å². The molecule has 0 saturated carbocycles. The highest BCUT2D eigenvalue weighted by Crippen LogP contribution is 2.44. The number of rotatable bonds is 8. The summed E-state index contributed by atoms with van der Waals surface area (Å²) in [4.78, 5) is 28.2. The number of nitrogens with zero attached hydrogens (tertiary/aromatic N) is 1. The summed E-state index contributed by atoms with van der Waals surface area (Å²) in [5.74, 6) is 0.0414. The van der Waals surface area contributed by atoms with Gasteiger partial charge in [-0.25, -0.2) is 4.79 Å². The second-order valence-electron chi connectivity index (χ2n) is 12.1. The van der Waals surface area contributed by atoms with Gasteiger partial charge in [0, 0.05) is 24.2 Å². The van der Waals surface area contributed by atoms with Gasteiger partial charge >= 0.3 is 5.97 Å². The number of hydrogen-bond acceptors (Lipinski definition) is 7. The fraction of sp³-hybridized carbons (Fsp3) is 0.375. The Bertz CT molecular complexity index is 1480. The lowest BCUT2D eigenvalue weighted by Crippen LogP contribution is -2.48. The molecule has 3 aliphatic heterocycles. The van der Waals surface area contributed by atoms with Gasteiger partial charge in [0.2, 0.25) is 5.78 Å². The number of carbonyl (C=O) groups is 2. The molecular formula is C32H37N3O4Si. The van der Waals surface area contributed by atoms with Gasteiger partial charge in [-0.2, -0.15) is 0 Å². The molecule has 0 spiro atoms. The Morgan fingerprint density at radius 1 is 1.12 bits per heavy atom. The summed E-state index contributed by atoms with van der Waals surface area (Å²) >= 11 is 0. The molecule has 7 nitrogen and oxygen atoms in total. The van der Waals surface area contributed by atoms with Gasteiger partial charge in [-0.1, -0.05) is 74.6 Å². The second-order valence-corrected chi connectivity index (χ2v) is 17.2. The predicted octanol–water partition coefficient (Wildman–Crippen LogP) is 4.16. The molecule has 208 valence electrons. The van der Waals surface area contributed by atoms with Crippen LogP contribution in [0, 0.1) is 0 Å². The number of nitrogens with one attached hydrogen (secondary N) is 2. The van der Waals surface area contributed by atoms with Crippen molar-refractivity contribution in [2.24, 2.45) is 0 Å². The van der Waals surface area contributed by atoms with Gasteiger partial charge in [-0.15, -0.1) is 0 Å². The quantitative estimate of drug-likeness (QED) is 0.333. The number of carbonyl (C=O) groups excluding carboxylic acids is 2. The van der Waals surface area contributed by atoms with Gasteiger partial charge in [-0.3, -0.25) is 4.79 Å². The van der Waals surface area contributed by atoms with Crippen molar-refractivity contribution in [1.29, 1.82) is 0 Å². The fourth-order valence-corrected chi connectivity index (χ4v) is 8.23. The van der Waals surface area contributed by atoms with E-state index in [-0.39, 0.29) is 18.8 Å². The zero-order chi connectivity index (χ0) is 28.1. The van der Waals surface area contributed by atoms with Gasteiger partial charge in [0.05, 0.1) is 14.6 Å². The topological polar surface area (TPSA) is 90.9 Å². The highest BCUT2D eigenvalue weighted by Gasteiger charge is 2.51. The molecule has 2 aromatic carbocycles. The van der Waals surface area contributed by atoms with E-state index in [1.165, 1.54) is 28.3 Å². The van der Waals surface area contributed by atoms with Crippen LogP contribution < -0.4 is 10.6 Å². The van der Waals surface area contributed by atoms with E-state index in [9.17, 15) is 14.7 Å². The van der Waals surface area contributed by atoms with Crippen molar-refractivity contribution in [3.63, 3.8) is 0 Å². The molecule has 2 aromatic rings. The number of allylic oxidation sites excluding steroid dienone is 2. The average molecular weight is 556 g/mol. The lowest BCUT2D eigenvalue weighted by molar-refractivity contribution is -0.163. The minimum absolute atomic E-state index is 0.0845. The van der Waals surface area contributed by atoms with Crippen molar-refractivity contribution in [3.8, 4) is 0 Å². The molecule has 0 radical (unpaired) electrons. The Hall–Kier alpha value is -3.46. The summed E-state index contributed by atoms with van der Waals surface area (Å²) < 4.78 is 5.26. The molecule has 0 aromatic heterocycles. The molecule has 0 amide bonds. The van der Waals surface area contributed by atoms with Gasteiger partial charge in [0.1, 0.15) is 18.1 Å². The van der Waals surface area contributed by atoms with Crippen molar-refractivity contribution in [3.05, 3.63) is 99.1 Å². The molecule has 8 heteroatoms. The van der Waals surface area contributed by atoms with Crippen molar-refractivity contribution in [1.82, 2.24) is 15.5 Å². The number of aryl methyl sites for hydroxylation is 1. The molecule has 40 heavy (non-hydrogen) atoms. The Morgan fingerprint density at radius 3 is 2.70 bits per heavy atom. The van der Waals surface area contributed by atoms with Crippen LogP contribution in [-0.2, 0) is 33.8 Å². The van der Waals surface area contributed by atoms with E-state index >= 15 is 0 Å². The first-order valence-electron chi connectivity index (χ1n) is 14.2. The molecule has 1 atom stereocenters. The third kappa shape index (κ3) is 4.64. The standard InChI is InChI=1S/C32H37N3O4Si/c1-4-32(38)26-16-27-29(30(36)25(26)19-39-31(32)37)35-18-24-22(11-8-12-23(24)15-28(35)34-27)13-14-40(2,3)20-33-17-21-9-6-5-7-10-21/h5-12,15,33-34,38H,4,13-14,16-20H2,1-3H3/t32-/m0/s1. The highest BCUT2D eigenvalue weighted by atomic mass is 28.3. The number of esters is 1. The first-order valence-corrected chi connectivity index (χ1v) is 17.6. The van der Waals surface area contributed by atoms with Crippen molar-refractivity contribution < 1.29 is 19.4 Å². The second kappa shape index (κ2) is 10.2. The monoisotopic (exact) mass is 555 g/mol. The first kappa shape index (κ1) is 26.7. The fourth-order valence-electron chi connectivity index (χ4n) is 6.31. The maximum atomic E-state index is 13.7. The molecule has 0 fully saturated rings. The summed E-state index contributed by atoms with van der Waals surface area (Å²) in [5, 5.41) is 18.2. The number of hydrogen-bond donors (Lipinski definition) is 3. The first-order chi connectivity index (χ1) is 19.2. The van der Waals surface area contributed by atoms with Gasteiger partial charge in [0.15, 0.2) is 5.60 Å². The summed E-state index contributed by atoms with van der Waals surface area (Å²) in [5.41, 5.74) is 5.60. The lowest BCUT2D eigenvalue weighted by Gasteiger charge is -2.36. The third-order valence-electron chi connectivity index (χ3n) is 8.79. The minimum Gasteiger partial charge on any atom is -0.458 e. The van der Waals surface area contributed by atoms with Crippen molar-refractivity contribution in [2.75, 3.05) is 12.8 Å². The van der Waals surface area contributed by atoms with Gasteiger partial charge < -0.3 is 25.4 Å². The summed E-state index contributed by atoms with van der Waals surface area (Å²) in [7, 11) is -1.48. The van der Waals surface area contributed by atoms with Crippen LogP contribution in [0.2, 0.25) is 19.1 Å². The number of ether oxygens (including phenoxy) is 1. The maximum Gasteiger partial charge on any atom is 0.342 e. The molecule has 1 aliphatic carbocycles. The number of aliphatic hydroxyl groups is 1. The lowest BCUT2D eigenvalue weighted by atomic mass is 9.78. The molecule has 3 heterocycles. The molecule has 4 aliphatic rings. The van der Waals surface area contributed by atoms with Crippen LogP contribution in [0.1, 0.15) is 42.0 Å². The van der Waals surface area contributed by atoms with Crippen LogP contribution in [-0.4, -0.2) is 48.2 Å². The Morgan fingerprint density at radius 2 is 1.93 bits per heavy atom. The van der Waals surface area contributed by atoms with Gasteiger partial charge in [-0.05, 0) is 52.9 Å². The van der Waals surface area contributed by atoms with Crippen LogP contribution in [0.15, 0.2) is 76.9 Å². The third-order valence-corrected chi connectivity index (χ3v) is 11.6. The van der Waals surface area contributed by atoms with Gasteiger partial charge in [0.25, 0.3) is 0 Å². The van der Waals surface area contributed by atoms with E-state index in [1.54, 1.807) is 6.92 Å². The largest absolute Gasteiger partial charge is 0.458 e. The van der Waals surface area contributed by atoms with Crippen LogP contribution in [0.3, 0.4) is 0 Å². The zero-order valence-electron chi connectivity index (χ0n) is 23.5.